The molecule has 9 nitrogen and oxygen atoms in total. The molecular weight excluding hydrogens is 398 g/mol. The van der Waals surface area contributed by atoms with Gasteiger partial charge in [0.25, 0.3) is 17.4 Å². The van der Waals surface area contributed by atoms with Crippen molar-refractivity contribution in [3.63, 3.8) is 0 Å². The number of rotatable bonds is 4. The number of aryl methyl sites for hydroxylation is 1. The highest BCUT2D eigenvalue weighted by atomic mass is 35.5. The van der Waals surface area contributed by atoms with Gasteiger partial charge in [-0.2, -0.15) is 5.10 Å². The van der Waals surface area contributed by atoms with E-state index in [1.54, 1.807) is 43.3 Å². The van der Waals surface area contributed by atoms with Crippen LogP contribution < -0.4 is 21.8 Å². The Balaban J connectivity index is 1.77. The Morgan fingerprint density at radius 1 is 1.07 bits per heavy atom. The third kappa shape index (κ3) is 4.58. The number of para-hydroxylation sites is 1. The van der Waals surface area contributed by atoms with Crippen LogP contribution in [0.3, 0.4) is 0 Å². The number of hydrogen-bond donors (Lipinski definition) is 2. The first-order chi connectivity index (χ1) is 13.9. The summed E-state index contributed by atoms with van der Waals surface area (Å²) in [6.45, 7) is 1.35. The molecule has 1 aromatic carbocycles. The average Bonchev–Trinajstić information content (AvgIpc) is 2.69. The zero-order chi connectivity index (χ0) is 21.0. The van der Waals surface area contributed by atoms with Gasteiger partial charge in [-0.3, -0.25) is 30.0 Å². The lowest BCUT2D eigenvalue weighted by molar-refractivity contribution is -0.122. The van der Waals surface area contributed by atoms with Gasteiger partial charge in [0.15, 0.2) is 5.69 Å². The van der Waals surface area contributed by atoms with Gasteiger partial charge < -0.3 is 4.57 Å². The van der Waals surface area contributed by atoms with E-state index in [1.807, 2.05) is 0 Å². The van der Waals surface area contributed by atoms with Crippen molar-refractivity contribution < 1.29 is 9.59 Å². The second kappa shape index (κ2) is 8.53. The molecule has 2 amide bonds. The summed E-state index contributed by atoms with van der Waals surface area (Å²) in [6, 6.07) is 12.5. The van der Waals surface area contributed by atoms with Crippen molar-refractivity contribution in [3.8, 4) is 5.69 Å². The van der Waals surface area contributed by atoms with Crippen LogP contribution in [0.25, 0.3) is 5.69 Å². The van der Waals surface area contributed by atoms with E-state index in [4.69, 9.17) is 11.6 Å². The van der Waals surface area contributed by atoms with Crippen LogP contribution in [0, 0.1) is 6.92 Å². The average molecular weight is 414 g/mol. The fourth-order valence-corrected chi connectivity index (χ4v) is 2.76. The molecule has 2 heterocycles. The van der Waals surface area contributed by atoms with Crippen LogP contribution in [-0.2, 0) is 11.3 Å². The zero-order valence-corrected chi connectivity index (χ0v) is 16.0. The maximum atomic E-state index is 12.4. The summed E-state index contributed by atoms with van der Waals surface area (Å²) in [5.41, 5.74) is 3.86. The first-order valence-electron chi connectivity index (χ1n) is 8.47. The Bertz CT molecular complexity index is 1200. The van der Waals surface area contributed by atoms with Crippen molar-refractivity contribution >= 4 is 23.4 Å². The van der Waals surface area contributed by atoms with Gasteiger partial charge in [-0.25, -0.2) is 4.68 Å². The minimum absolute atomic E-state index is 0.300. The standard InChI is InChI=1S/C19H16ClN5O4/c1-12-10-15(26)18(23-25(12)14-7-3-2-6-13(14)20)19(29)22-21-16(27)11-24-9-5-4-8-17(24)28/h2-10H,11H2,1H3,(H,21,27)(H,22,29). The van der Waals surface area contributed by atoms with Crippen LogP contribution >= 0.6 is 11.6 Å². The zero-order valence-electron chi connectivity index (χ0n) is 15.3. The summed E-state index contributed by atoms with van der Waals surface area (Å²) in [4.78, 5) is 48.2. The highest BCUT2D eigenvalue weighted by molar-refractivity contribution is 6.32. The number of carbonyl (C=O) groups excluding carboxylic acids is 2. The summed E-state index contributed by atoms with van der Waals surface area (Å²) in [5.74, 6) is -1.55. The predicted octanol–water partition coefficient (Wildman–Crippen LogP) is 0.817. The molecule has 0 bridgehead atoms. The van der Waals surface area contributed by atoms with Gasteiger partial charge in [-0.05, 0) is 25.1 Å². The molecule has 148 valence electrons. The fraction of sp³-hybridized carbons (Fsp3) is 0.105. The minimum Gasteiger partial charge on any atom is -0.306 e. The summed E-state index contributed by atoms with van der Waals surface area (Å²) >= 11 is 6.17. The van der Waals surface area contributed by atoms with Crippen LogP contribution in [-0.4, -0.2) is 26.2 Å². The summed E-state index contributed by atoms with van der Waals surface area (Å²) in [6.07, 6.45) is 1.44. The maximum Gasteiger partial charge on any atom is 0.294 e. The van der Waals surface area contributed by atoms with Crippen LogP contribution in [0.5, 0.6) is 0 Å². The molecule has 0 unspecified atom stereocenters. The normalized spacial score (nSPS) is 10.4. The van der Waals surface area contributed by atoms with Gasteiger partial charge in [0.1, 0.15) is 6.54 Å². The Morgan fingerprint density at radius 2 is 1.79 bits per heavy atom. The van der Waals surface area contributed by atoms with Gasteiger partial charge in [0.05, 0.1) is 10.7 Å². The molecule has 0 saturated heterocycles. The van der Waals surface area contributed by atoms with Crippen molar-refractivity contribution in [2.24, 2.45) is 0 Å². The number of hydrogen-bond acceptors (Lipinski definition) is 5. The fourth-order valence-electron chi connectivity index (χ4n) is 2.54. The number of pyridine rings is 1. The number of carbonyl (C=O) groups is 2. The number of benzene rings is 1. The second-order valence-electron chi connectivity index (χ2n) is 6.03. The van der Waals surface area contributed by atoms with Crippen molar-refractivity contribution in [2.45, 2.75) is 13.5 Å². The lowest BCUT2D eigenvalue weighted by Crippen LogP contribution is -2.46. The molecular formula is C19H16ClN5O4. The molecule has 0 spiro atoms. The Morgan fingerprint density at radius 3 is 2.52 bits per heavy atom. The molecule has 0 aliphatic rings. The summed E-state index contributed by atoms with van der Waals surface area (Å²) in [7, 11) is 0. The monoisotopic (exact) mass is 413 g/mol. The van der Waals surface area contributed by atoms with Crippen molar-refractivity contribution in [3.05, 3.63) is 91.7 Å². The van der Waals surface area contributed by atoms with E-state index in [1.165, 1.54) is 23.0 Å². The lowest BCUT2D eigenvalue weighted by atomic mass is 10.2. The molecule has 0 radical (unpaired) electrons. The minimum atomic E-state index is -0.899. The highest BCUT2D eigenvalue weighted by Crippen LogP contribution is 2.19. The van der Waals surface area contributed by atoms with Gasteiger partial charge in [0, 0.05) is 24.0 Å². The Kier molecular flexibility index (Phi) is 5.89. The molecule has 2 N–H and O–H groups in total. The number of hydrazine groups is 1. The van der Waals surface area contributed by atoms with Crippen LogP contribution in [0.1, 0.15) is 16.2 Å². The molecule has 0 atom stereocenters. The van der Waals surface area contributed by atoms with Gasteiger partial charge in [-0.15, -0.1) is 0 Å². The van der Waals surface area contributed by atoms with E-state index < -0.39 is 22.9 Å². The van der Waals surface area contributed by atoms with Crippen LogP contribution in [0.4, 0.5) is 0 Å². The largest absolute Gasteiger partial charge is 0.306 e. The highest BCUT2D eigenvalue weighted by Gasteiger charge is 2.17. The topological polar surface area (TPSA) is 115 Å². The number of nitrogens with zero attached hydrogens (tertiary/aromatic N) is 3. The predicted molar refractivity (Wildman–Crippen MR) is 106 cm³/mol. The molecule has 29 heavy (non-hydrogen) atoms. The van der Waals surface area contributed by atoms with Crippen molar-refractivity contribution in [1.82, 2.24) is 25.2 Å². The van der Waals surface area contributed by atoms with Gasteiger partial charge >= 0.3 is 0 Å². The maximum absolute atomic E-state index is 12.4. The number of amides is 2. The molecule has 2 aromatic heterocycles. The number of aromatic nitrogens is 3. The van der Waals surface area contributed by atoms with Crippen LogP contribution in [0.15, 0.2) is 64.3 Å². The molecule has 0 aliphatic heterocycles. The first kappa shape index (κ1) is 20.0. The molecule has 0 fully saturated rings. The molecule has 0 aliphatic carbocycles. The van der Waals surface area contributed by atoms with Gasteiger partial charge in [0.2, 0.25) is 5.43 Å². The summed E-state index contributed by atoms with van der Waals surface area (Å²) < 4.78 is 2.53. The van der Waals surface area contributed by atoms with E-state index in [2.05, 4.69) is 16.0 Å². The van der Waals surface area contributed by atoms with E-state index >= 15 is 0 Å². The Labute approximate surface area is 169 Å². The van der Waals surface area contributed by atoms with Crippen LogP contribution in [0.2, 0.25) is 5.02 Å². The van der Waals surface area contributed by atoms with E-state index in [-0.39, 0.29) is 12.1 Å². The second-order valence-corrected chi connectivity index (χ2v) is 6.44. The smallest absolute Gasteiger partial charge is 0.294 e. The van der Waals surface area contributed by atoms with Crippen molar-refractivity contribution in [2.75, 3.05) is 0 Å². The third-order valence-corrected chi connectivity index (χ3v) is 4.25. The SMILES string of the molecule is Cc1cc(=O)c(C(=O)NNC(=O)Cn2ccccc2=O)nn1-c1ccccc1Cl. The number of halogens is 1. The lowest BCUT2D eigenvalue weighted by Gasteiger charge is -2.13. The molecule has 3 aromatic rings. The Hall–Kier alpha value is -3.72. The molecule has 3 rings (SSSR count). The number of nitrogens with one attached hydrogen (secondary N) is 2. The van der Waals surface area contributed by atoms with Gasteiger partial charge in [-0.1, -0.05) is 29.8 Å². The van der Waals surface area contributed by atoms with E-state index in [0.717, 1.165) is 4.57 Å². The third-order valence-electron chi connectivity index (χ3n) is 3.93. The summed E-state index contributed by atoms with van der Waals surface area (Å²) in [5, 5.41) is 4.47. The van der Waals surface area contributed by atoms with Crippen molar-refractivity contribution in [1.29, 1.82) is 0 Å². The quantitative estimate of drug-likeness (QED) is 0.614. The van der Waals surface area contributed by atoms with E-state index in [0.29, 0.717) is 16.4 Å². The first-order valence-corrected chi connectivity index (χ1v) is 8.85. The molecule has 10 heteroatoms. The van der Waals surface area contributed by atoms with E-state index in [9.17, 15) is 19.2 Å². The molecule has 0 saturated carbocycles.